The van der Waals surface area contributed by atoms with Gasteiger partial charge in [-0.3, -0.25) is 4.90 Å². The molecule has 1 N–H and O–H groups in total. The third kappa shape index (κ3) is 3.33. The summed E-state index contributed by atoms with van der Waals surface area (Å²) in [4.78, 5) is 6.19. The molecule has 0 spiro atoms. The molecule has 0 bridgehead atoms. The average molecular weight is 321 g/mol. The molecule has 8 heteroatoms. The van der Waals surface area contributed by atoms with E-state index in [-0.39, 0.29) is 16.2 Å². The van der Waals surface area contributed by atoms with Gasteiger partial charge in [-0.25, -0.2) is 18.1 Å². The van der Waals surface area contributed by atoms with Crippen molar-refractivity contribution in [2.24, 2.45) is 7.05 Å². The Morgan fingerprint density at radius 1 is 1.45 bits per heavy atom. The summed E-state index contributed by atoms with van der Waals surface area (Å²) in [6, 6.07) is 0.231. The fourth-order valence-electron chi connectivity index (χ4n) is 2.49. The molecule has 0 amide bonds. The molecule has 0 aliphatic carbocycles. The SMILES string of the molecule is CC[C@H](CNS(=O)(=O)c1ncn(C)c1Cl)N1CCCC1. The molecule has 0 aromatic carbocycles. The maximum Gasteiger partial charge on any atom is 0.261 e. The number of imidazole rings is 1. The second kappa shape index (κ2) is 6.43. The first-order chi connectivity index (χ1) is 9.45. The van der Waals surface area contributed by atoms with Crippen LogP contribution in [0.4, 0.5) is 0 Å². The van der Waals surface area contributed by atoms with E-state index in [1.54, 1.807) is 7.05 Å². The van der Waals surface area contributed by atoms with Crippen molar-refractivity contribution in [3.8, 4) is 0 Å². The number of halogens is 1. The van der Waals surface area contributed by atoms with Gasteiger partial charge in [0.25, 0.3) is 10.0 Å². The average Bonchev–Trinajstić information content (AvgIpc) is 3.02. The third-order valence-corrected chi connectivity index (χ3v) is 5.64. The van der Waals surface area contributed by atoms with Gasteiger partial charge < -0.3 is 4.57 Å². The zero-order chi connectivity index (χ0) is 14.8. The number of hydrogen-bond acceptors (Lipinski definition) is 4. The van der Waals surface area contributed by atoms with Crippen molar-refractivity contribution in [1.29, 1.82) is 0 Å². The van der Waals surface area contributed by atoms with Crippen LogP contribution in [0.25, 0.3) is 0 Å². The molecule has 6 nitrogen and oxygen atoms in total. The highest BCUT2D eigenvalue weighted by Gasteiger charge is 2.26. The first kappa shape index (κ1) is 15.8. The fraction of sp³-hybridized carbons (Fsp3) is 0.750. The molecule has 114 valence electrons. The van der Waals surface area contributed by atoms with Crippen molar-refractivity contribution in [3.63, 3.8) is 0 Å². The van der Waals surface area contributed by atoms with E-state index in [9.17, 15) is 8.42 Å². The second-order valence-corrected chi connectivity index (χ2v) is 7.15. The van der Waals surface area contributed by atoms with Crippen LogP contribution in [0.15, 0.2) is 11.4 Å². The summed E-state index contributed by atoms with van der Waals surface area (Å²) in [7, 11) is -1.99. The number of hydrogen-bond donors (Lipinski definition) is 1. The molecule has 1 saturated heterocycles. The topological polar surface area (TPSA) is 67.2 Å². The van der Waals surface area contributed by atoms with Crippen LogP contribution in [0.3, 0.4) is 0 Å². The van der Waals surface area contributed by atoms with E-state index in [1.165, 1.54) is 23.7 Å². The zero-order valence-electron chi connectivity index (χ0n) is 11.8. The number of nitrogens with zero attached hydrogens (tertiary/aromatic N) is 3. The Morgan fingerprint density at radius 3 is 2.60 bits per heavy atom. The first-order valence-electron chi connectivity index (χ1n) is 6.86. The Bertz CT molecular complexity index is 552. The smallest absolute Gasteiger partial charge is 0.261 e. The van der Waals surface area contributed by atoms with Crippen LogP contribution in [0.1, 0.15) is 26.2 Å². The summed E-state index contributed by atoms with van der Waals surface area (Å²) in [6.07, 6.45) is 4.69. The van der Waals surface area contributed by atoms with Crippen LogP contribution in [-0.4, -0.2) is 48.5 Å². The van der Waals surface area contributed by atoms with Crippen LogP contribution >= 0.6 is 11.6 Å². The van der Waals surface area contributed by atoms with Gasteiger partial charge in [0.15, 0.2) is 0 Å². The van der Waals surface area contributed by atoms with Gasteiger partial charge in [0.1, 0.15) is 5.15 Å². The van der Waals surface area contributed by atoms with Gasteiger partial charge in [-0.2, -0.15) is 0 Å². The Morgan fingerprint density at radius 2 is 2.10 bits per heavy atom. The lowest BCUT2D eigenvalue weighted by atomic mass is 10.2. The lowest BCUT2D eigenvalue weighted by Crippen LogP contribution is -2.42. The highest BCUT2D eigenvalue weighted by molar-refractivity contribution is 7.89. The van der Waals surface area contributed by atoms with Gasteiger partial charge in [0, 0.05) is 19.6 Å². The van der Waals surface area contributed by atoms with Crippen LogP contribution in [0.2, 0.25) is 5.15 Å². The summed E-state index contributed by atoms with van der Waals surface area (Å²) in [5.41, 5.74) is 0. The summed E-state index contributed by atoms with van der Waals surface area (Å²) in [5, 5.41) is 0.0321. The highest BCUT2D eigenvalue weighted by atomic mass is 35.5. The van der Waals surface area contributed by atoms with Crippen LogP contribution in [0.5, 0.6) is 0 Å². The van der Waals surface area contributed by atoms with Crippen molar-refractivity contribution >= 4 is 21.6 Å². The van der Waals surface area contributed by atoms with E-state index >= 15 is 0 Å². The number of aromatic nitrogens is 2. The zero-order valence-corrected chi connectivity index (χ0v) is 13.4. The largest absolute Gasteiger partial charge is 0.324 e. The van der Waals surface area contributed by atoms with Crippen LogP contribution in [-0.2, 0) is 17.1 Å². The molecule has 2 heterocycles. The molecule has 0 unspecified atom stereocenters. The summed E-state index contributed by atoms with van der Waals surface area (Å²) < 4.78 is 28.5. The van der Waals surface area contributed by atoms with E-state index in [4.69, 9.17) is 11.6 Å². The van der Waals surface area contributed by atoms with Gasteiger partial charge in [-0.05, 0) is 32.4 Å². The van der Waals surface area contributed by atoms with Gasteiger partial charge in [0.2, 0.25) is 5.03 Å². The Kier molecular flexibility index (Phi) is 5.06. The van der Waals surface area contributed by atoms with Gasteiger partial charge >= 0.3 is 0 Å². The van der Waals surface area contributed by atoms with E-state index < -0.39 is 10.0 Å². The molecule has 2 rings (SSSR count). The number of aryl methyl sites for hydroxylation is 1. The number of sulfonamides is 1. The first-order valence-corrected chi connectivity index (χ1v) is 8.72. The Labute approximate surface area is 125 Å². The monoisotopic (exact) mass is 320 g/mol. The lowest BCUT2D eigenvalue weighted by molar-refractivity contribution is 0.237. The predicted molar refractivity (Wildman–Crippen MR) is 78.3 cm³/mol. The maximum absolute atomic E-state index is 12.2. The molecule has 1 fully saturated rings. The van der Waals surface area contributed by atoms with Crippen LogP contribution < -0.4 is 4.72 Å². The van der Waals surface area contributed by atoms with Crippen molar-refractivity contribution in [3.05, 3.63) is 11.5 Å². The molecule has 1 aliphatic rings. The number of rotatable bonds is 6. The molecular formula is C12H21ClN4O2S. The minimum absolute atomic E-state index is 0.0991. The molecule has 1 aromatic rings. The highest BCUT2D eigenvalue weighted by Crippen LogP contribution is 2.19. The fourth-order valence-corrected chi connectivity index (χ4v) is 3.98. The standard InChI is InChI=1S/C12H21ClN4O2S/c1-3-10(17-6-4-5-7-17)8-15-20(18,19)12-11(13)16(2)9-14-12/h9-10,15H,3-8H2,1-2H3/t10-/m1/s1. The van der Waals surface area contributed by atoms with Crippen LogP contribution in [0, 0.1) is 0 Å². The van der Waals surface area contributed by atoms with Crippen molar-refractivity contribution < 1.29 is 8.42 Å². The summed E-state index contributed by atoms with van der Waals surface area (Å²) in [6.45, 7) is 4.56. The molecule has 1 atom stereocenters. The quantitative estimate of drug-likeness (QED) is 0.856. The predicted octanol–water partition coefficient (Wildman–Crippen LogP) is 1.23. The van der Waals surface area contributed by atoms with Gasteiger partial charge in [-0.15, -0.1) is 0 Å². The molecule has 1 aromatic heterocycles. The number of likely N-dealkylation sites (tertiary alicyclic amines) is 1. The van der Waals surface area contributed by atoms with E-state index in [0.717, 1.165) is 19.5 Å². The van der Waals surface area contributed by atoms with Crippen molar-refractivity contribution in [2.45, 2.75) is 37.3 Å². The Hall–Kier alpha value is -0.630. The number of nitrogens with one attached hydrogen (secondary N) is 1. The maximum atomic E-state index is 12.2. The third-order valence-electron chi connectivity index (χ3n) is 3.73. The molecule has 0 saturated carbocycles. The molecule has 20 heavy (non-hydrogen) atoms. The Balaban J connectivity index is 2.03. The van der Waals surface area contributed by atoms with Crippen molar-refractivity contribution in [1.82, 2.24) is 19.2 Å². The van der Waals surface area contributed by atoms with E-state index in [0.29, 0.717) is 6.54 Å². The summed E-state index contributed by atoms with van der Waals surface area (Å²) in [5.74, 6) is 0. The second-order valence-electron chi connectivity index (χ2n) is 5.11. The van der Waals surface area contributed by atoms with Gasteiger partial charge in [-0.1, -0.05) is 18.5 Å². The molecule has 1 aliphatic heterocycles. The minimum atomic E-state index is -3.65. The molecule has 0 radical (unpaired) electrons. The normalized spacial score (nSPS) is 18.6. The summed E-state index contributed by atoms with van der Waals surface area (Å²) >= 11 is 5.94. The lowest BCUT2D eigenvalue weighted by Gasteiger charge is -2.26. The van der Waals surface area contributed by atoms with Crippen molar-refractivity contribution in [2.75, 3.05) is 19.6 Å². The van der Waals surface area contributed by atoms with E-state index in [1.807, 2.05) is 0 Å². The van der Waals surface area contributed by atoms with Gasteiger partial charge in [0.05, 0.1) is 6.33 Å². The molecular weight excluding hydrogens is 300 g/mol. The minimum Gasteiger partial charge on any atom is -0.324 e. The van der Waals surface area contributed by atoms with E-state index in [2.05, 4.69) is 21.5 Å².